The van der Waals surface area contributed by atoms with E-state index in [1.54, 1.807) is 18.2 Å². The molecular weight excluding hydrogens is 524 g/mol. The molecule has 0 aliphatic carbocycles. The third kappa shape index (κ3) is 10.8. The molecule has 0 saturated carbocycles. The largest absolute Gasteiger partial charge is 0.492 e. The Bertz CT molecular complexity index is 1300. The zero-order chi connectivity index (χ0) is 28.8. The Labute approximate surface area is 230 Å². The van der Waals surface area contributed by atoms with Crippen LogP contribution in [-0.2, 0) is 9.84 Å². The lowest BCUT2D eigenvalue weighted by atomic mass is 10.2. The third-order valence-electron chi connectivity index (χ3n) is 5.38. The van der Waals surface area contributed by atoms with Gasteiger partial charge in [-0.25, -0.2) is 17.2 Å². The van der Waals surface area contributed by atoms with Crippen LogP contribution in [0.5, 0.6) is 5.75 Å². The van der Waals surface area contributed by atoms with E-state index in [1.165, 1.54) is 42.6 Å². The summed E-state index contributed by atoms with van der Waals surface area (Å²) in [5, 5.41) is 8.29. The quantitative estimate of drug-likeness (QED) is 0.323. The van der Waals surface area contributed by atoms with Crippen LogP contribution in [0, 0.1) is 11.6 Å². The van der Waals surface area contributed by atoms with Gasteiger partial charge >= 0.3 is 0 Å². The molecule has 1 N–H and O–H groups in total. The predicted molar refractivity (Wildman–Crippen MR) is 150 cm³/mol. The molecule has 0 spiro atoms. The number of hydrogen-bond donors (Lipinski definition) is 1. The van der Waals surface area contributed by atoms with Crippen molar-refractivity contribution in [1.29, 1.82) is 0 Å². The van der Waals surface area contributed by atoms with Crippen LogP contribution in [0.15, 0.2) is 70.6 Å². The predicted octanol–water partition coefficient (Wildman–Crippen LogP) is 4.62. The maximum atomic E-state index is 13.7. The number of hydrogen-bond acceptors (Lipinski definition) is 7. The number of ether oxygens (including phenoxy) is 1. The van der Waals surface area contributed by atoms with Gasteiger partial charge in [0, 0.05) is 31.0 Å². The molecule has 10 heteroatoms. The molecule has 0 unspecified atom stereocenters. The summed E-state index contributed by atoms with van der Waals surface area (Å²) >= 11 is 0. The molecular formula is C29H37F2N3O4S. The van der Waals surface area contributed by atoms with Crippen molar-refractivity contribution in [3.63, 3.8) is 0 Å². The van der Waals surface area contributed by atoms with Gasteiger partial charge in [-0.1, -0.05) is 12.1 Å². The van der Waals surface area contributed by atoms with Crippen LogP contribution in [0.1, 0.15) is 24.1 Å². The average Bonchev–Trinajstić information content (AvgIpc) is 2.90. The highest BCUT2D eigenvalue weighted by Gasteiger charge is 2.22. The van der Waals surface area contributed by atoms with Gasteiger partial charge in [-0.3, -0.25) is 4.98 Å². The minimum absolute atomic E-state index is 0.0203. The summed E-state index contributed by atoms with van der Waals surface area (Å²) in [7, 11) is 4.07. The van der Waals surface area contributed by atoms with E-state index in [4.69, 9.17) is 9.84 Å². The standard InChI is InChI=1S/C24H24F2N2O3S.C5H13NO/c1-28(2)14-5-15-31-23-6-3-4-7-24(23)32(29,30)21-13-12-20(27-17-21)11-9-18-8-10-19(25)16-22(18)26;1-6(2)4-3-5-7/h3-4,6-13,16-17H,5,14-15H2,1-2H3;7H,3-5H2,1-2H3/b11-9+;. The van der Waals surface area contributed by atoms with E-state index in [1.807, 2.05) is 33.1 Å². The van der Waals surface area contributed by atoms with Gasteiger partial charge in [0.2, 0.25) is 9.84 Å². The second-order valence-electron chi connectivity index (χ2n) is 9.25. The molecule has 0 radical (unpaired) electrons. The minimum Gasteiger partial charge on any atom is -0.492 e. The first-order valence-electron chi connectivity index (χ1n) is 12.5. The molecule has 39 heavy (non-hydrogen) atoms. The number of halogens is 2. The maximum absolute atomic E-state index is 13.7. The molecule has 2 aromatic carbocycles. The van der Waals surface area contributed by atoms with Gasteiger partial charge in [0.25, 0.3) is 0 Å². The molecule has 0 aliphatic heterocycles. The zero-order valence-electron chi connectivity index (χ0n) is 22.8. The fourth-order valence-electron chi connectivity index (χ4n) is 3.33. The summed E-state index contributed by atoms with van der Waals surface area (Å²) in [6.07, 6.45) is 5.86. The molecule has 3 aromatic rings. The van der Waals surface area contributed by atoms with Crippen LogP contribution in [0.2, 0.25) is 0 Å². The Morgan fingerprint density at radius 1 is 0.923 bits per heavy atom. The molecule has 212 valence electrons. The lowest BCUT2D eigenvalue weighted by molar-refractivity contribution is 0.263. The van der Waals surface area contributed by atoms with E-state index < -0.39 is 21.5 Å². The fourth-order valence-corrected chi connectivity index (χ4v) is 4.67. The summed E-state index contributed by atoms with van der Waals surface area (Å²) in [4.78, 5) is 8.32. The number of aliphatic hydroxyl groups is 1. The molecule has 0 fully saturated rings. The van der Waals surface area contributed by atoms with Crippen molar-refractivity contribution in [1.82, 2.24) is 14.8 Å². The van der Waals surface area contributed by atoms with E-state index >= 15 is 0 Å². The normalized spacial score (nSPS) is 11.6. The highest BCUT2D eigenvalue weighted by molar-refractivity contribution is 7.91. The molecule has 0 aliphatic rings. The number of pyridine rings is 1. The Balaban J connectivity index is 0.000000673. The van der Waals surface area contributed by atoms with Crippen LogP contribution >= 0.6 is 0 Å². The van der Waals surface area contributed by atoms with E-state index in [9.17, 15) is 17.2 Å². The number of para-hydroxylation sites is 1. The molecule has 0 atom stereocenters. The van der Waals surface area contributed by atoms with Crippen molar-refractivity contribution in [3.8, 4) is 5.75 Å². The highest BCUT2D eigenvalue weighted by atomic mass is 32.2. The van der Waals surface area contributed by atoms with E-state index in [0.29, 0.717) is 24.7 Å². The van der Waals surface area contributed by atoms with Crippen molar-refractivity contribution in [3.05, 3.63) is 83.7 Å². The number of rotatable bonds is 12. The van der Waals surface area contributed by atoms with Crippen LogP contribution in [0.3, 0.4) is 0 Å². The van der Waals surface area contributed by atoms with Crippen molar-refractivity contribution in [2.24, 2.45) is 0 Å². The van der Waals surface area contributed by atoms with Gasteiger partial charge < -0.3 is 19.6 Å². The lowest BCUT2D eigenvalue weighted by Crippen LogP contribution is -2.16. The molecule has 3 rings (SSSR count). The zero-order valence-corrected chi connectivity index (χ0v) is 23.7. The SMILES string of the molecule is CN(C)CCCO.CN(C)CCCOc1ccccc1S(=O)(=O)c1ccc(/C=C/c2ccc(F)cc2F)nc1. The molecule has 1 heterocycles. The van der Waals surface area contributed by atoms with Crippen LogP contribution in [-0.4, -0.2) is 82.8 Å². The first-order valence-corrected chi connectivity index (χ1v) is 14.0. The average molecular weight is 562 g/mol. The molecule has 7 nitrogen and oxygen atoms in total. The Hall–Kier alpha value is -3.18. The van der Waals surface area contributed by atoms with Crippen LogP contribution in [0.25, 0.3) is 12.2 Å². The van der Waals surface area contributed by atoms with Gasteiger partial charge in [-0.15, -0.1) is 0 Å². The first kappa shape index (κ1) is 32.0. The Kier molecular flexibility index (Phi) is 13.2. The van der Waals surface area contributed by atoms with Gasteiger partial charge in [0.1, 0.15) is 22.3 Å². The Morgan fingerprint density at radius 2 is 1.62 bits per heavy atom. The monoisotopic (exact) mass is 561 g/mol. The second-order valence-corrected chi connectivity index (χ2v) is 11.2. The lowest BCUT2D eigenvalue weighted by Gasteiger charge is -2.13. The van der Waals surface area contributed by atoms with Crippen molar-refractivity contribution < 1.29 is 27.0 Å². The minimum atomic E-state index is -3.84. The Morgan fingerprint density at radius 3 is 2.21 bits per heavy atom. The second kappa shape index (κ2) is 16.0. The number of benzene rings is 2. The molecule has 0 bridgehead atoms. The number of aliphatic hydroxyl groups excluding tert-OH is 1. The first-order chi connectivity index (χ1) is 18.5. The van der Waals surface area contributed by atoms with Gasteiger partial charge in [-0.05, 0) is 96.1 Å². The maximum Gasteiger partial charge on any atom is 0.211 e. The van der Waals surface area contributed by atoms with Gasteiger partial charge in [-0.2, -0.15) is 0 Å². The summed E-state index contributed by atoms with van der Waals surface area (Å²) in [5.41, 5.74) is 0.631. The van der Waals surface area contributed by atoms with E-state index in [0.717, 1.165) is 38.1 Å². The summed E-state index contributed by atoms with van der Waals surface area (Å²) in [5.74, 6) is -1.06. The third-order valence-corrected chi connectivity index (χ3v) is 7.15. The number of aromatic nitrogens is 1. The summed E-state index contributed by atoms with van der Waals surface area (Å²) in [6, 6.07) is 12.7. The topological polar surface area (TPSA) is 83.0 Å². The van der Waals surface area contributed by atoms with Gasteiger partial charge in [0.15, 0.2) is 0 Å². The summed E-state index contributed by atoms with van der Waals surface area (Å²) in [6.45, 7) is 2.51. The van der Waals surface area contributed by atoms with Crippen molar-refractivity contribution in [2.75, 3.05) is 54.5 Å². The van der Waals surface area contributed by atoms with E-state index in [-0.39, 0.29) is 15.4 Å². The number of nitrogens with zero attached hydrogens (tertiary/aromatic N) is 3. The highest BCUT2D eigenvalue weighted by Crippen LogP contribution is 2.29. The van der Waals surface area contributed by atoms with Crippen LogP contribution < -0.4 is 4.74 Å². The fraction of sp³-hybridized carbons (Fsp3) is 0.345. The van der Waals surface area contributed by atoms with Crippen LogP contribution in [0.4, 0.5) is 8.78 Å². The molecule has 1 aromatic heterocycles. The molecule has 0 saturated heterocycles. The van der Waals surface area contributed by atoms with Crippen molar-refractivity contribution in [2.45, 2.75) is 22.6 Å². The van der Waals surface area contributed by atoms with Gasteiger partial charge in [0.05, 0.1) is 17.2 Å². The number of sulfone groups is 1. The molecule has 0 amide bonds. The summed E-state index contributed by atoms with van der Waals surface area (Å²) < 4.78 is 58.7. The van der Waals surface area contributed by atoms with Crippen molar-refractivity contribution >= 4 is 22.0 Å². The smallest absolute Gasteiger partial charge is 0.211 e. The van der Waals surface area contributed by atoms with E-state index in [2.05, 4.69) is 9.88 Å².